The minimum absolute atomic E-state index is 0.241. The van der Waals surface area contributed by atoms with Crippen LogP contribution in [0.2, 0.25) is 0 Å². The maximum absolute atomic E-state index is 12.4. The van der Waals surface area contributed by atoms with Crippen LogP contribution in [0, 0.1) is 0 Å². The molecule has 0 radical (unpaired) electrons. The molecule has 1 saturated carbocycles. The lowest BCUT2D eigenvalue weighted by Gasteiger charge is -2.29. The van der Waals surface area contributed by atoms with Gasteiger partial charge in [-0.25, -0.2) is 17.9 Å². The Labute approximate surface area is 153 Å². The Hall–Kier alpha value is -2.38. The van der Waals surface area contributed by atoms with Gasteiger partial charge in [0.15, 0.2) is 0 Å². The standard InChI is InChI=1S/C19H22N2O4S/c22-19(20-15-8-3-1-4-9-15)25-17-11-7-10-16(14-17)21-26(23,24)18-12-5-2-6-13-18/h1-6,8-9,12-13,16-17,21H,7,10-11,14H2,(H,20,22)/t16-,17+/m0/s1. The van der Waals surface area contributed by atoms with Gasteiger partial charge >= 0.3 is 6.09 Å². The summed E-state index contributed by atoms with van der Waals surface area (Å²) in [7, 11) is -3.57. The molecule has 2 atom stereocenters. The maximum atomic E-state index is 12.4. The Morgan fingerprint density at radius 1 is 0.962 bits per heavy atom. The first-order valence-electron chi connectivity index (χ1n) is 8.63. The van der Waals surface area contributed by atoms with Crippen LogP contribution in [0.4, 0.5) is 10.5 Å². The summed E-state index contributed by atoms with van der Waals surface area (Å²) in [5.41, 5.74) is 0.662. The van der Waals surface area contributed by atoms with Gasteiger partial charge in [0.2, 0.25) is 10.0 Å². The molecule has 6 nitrogen and oxygen atoms in total. The number of anilines is 1. The maximum Gasteiger partial charge on any atom is 0.411 e. The monoisotopic (exact) mass is 374 g/mol. The predicted octanol–water partition coefficient (Wildman–Crippen LogP) is 3.52. The Bertz CT molecular complexity index is 825. The quantitative estimate of drug-likeness (QED) is 0.838. The lowest BCUT2D eigenvalue weighted by Crippen LogP contribution is -2.41. The minimum Gasteiger partial charge on any atom is -0.446 e. The van der Waals surface area contributed by atoms with Crippen LogP contribution in [-0.2, 0) is 14.8 Å². The molecular weight excluding hydrogens is 352 g/mol. The van der Waals surface area contributed by atoms with Gasteiger partial charge in [-0.15, -0.1) is 0 Å². The van der Waals surface area contributed by atoms with Crippen molar-refractivity contribution in [2.45, 2.75) is 42.7 Å². The third kappa shape index (κ3) is 5.06. The third-order valence-corrected chi connectivity index (χ3v) is 5.83. The zero-order chi connectivity index (χ0) is 18.4. The smallest absolute Gasteiger partial charge is 0.411 e. The van der Waals surface area contributed by atoms with Crippen molar-refractivity contribution < 1.29 is 17.9 Å². The zero-order valence-electron chi connectivity index (χ0n) is 14.3. The minimum atomic E-state index is -3.57. The number of nitrogens with one attached hydrogen (secondary N) is 2. The first kappa shape index (κ1) is 18.4. The van der Waals surface area contributed by atoms with Crippen LogP contribution in [-0.4, -0.2) is 26.7 Å². The van der Waals surface area contributed by atoms with Crippen molar-refractivity contribution in [3.63, 3.8) is 0 Å². The molecule has 1 fully saturated rings. The number of hydrogen-bond acceptors (Lipinski definition) is 4. The van der Waals surface area contributed by atoms with Crippen LogP contribution >= 0.6 is 0 Å². The second kappa shape index (κ2) is 8.33. The fraction of sp³-hybridized carbons (Fsp3) is 0.316. The van der Waals surface area contributed by atoms with E-state index >= 15 is 0 Å². The van der Waals surface area contributed by atoms with Crippen LogP contribution < -0.4 is 10.0 Å². The molecule has 1 amide bonds. The molecule has 2 N–H and O–H groups in total. The van der Waals surface area contributed by atoms with E-state index in [1.54, 1.807) is 42.5 Å². The summed E-state index contributed by atoms with van der Waals surface area (Å²) in [6.07, 6.45) is 1.89. The van der Waals surface area contributed by atoms with E-state index in [4.69, 9.17) is 4.74 Å². The van der Waals surface area contributed by atoms with E-state index < -0.39 is 16.1 Å². The van der Waals surface area contributed by atoms with Gasteiger partial charge in [-0.05, 0) is 43.5 Å². The molecule has 0 bridgehead atoms. The average molecular weight is 374 g/mol. The van der Waals surface area contributed by atoms with E-state index in [9.17, 15) is 13.2 Å². The molecule has 2 aromatic rings. The number of carbonyl (C=O) groups excluding carboxylic acids is 1. The van der Waals surface area contributed by atoms with Gasteiger partial charge in [0.05, 0.1) is 4.90 Å². The van der Waals surface area contributed by atoms with E-state index in [2.05, 4.69) is 10.0 Å². The molecule has 0 saturated heterocycles. The number of ether oxygens (including phenoxy) is 1. The highest BCUT2D eigenvalue weighted by atomic mass is 32.2. The number of rotatable bonds is 5. The number of sulfonamides is 1. The van der Waals surface area contributed by atoms with Crippen LogP contribution in [0.5, 0.6) is 0 Å². The summed E-state index contributed by atoms with van der Waals surface area (Å²) in [6.45, 7) is 0. The molecule has 2 aromatic carbocycles. The predicted molar refractivity (Wildman–Crippen MR) is 99.4 cm³/mol. The summed E-state index contributed by atoms with van der Waals surface area (Å²) in [6, 6.07) is 17.1. The topological polar surface area (TPSA) is 84.5 Å². The van der Waals surface area contributed by atoms with E-state index in [-0.39, 0.29) is 17.0 Å². The molecule has 26 heavy (non-hydrogen) atoms. The highest BCUT2D eigenvalue weighted by Crippen LogP contribution is 2.23. The van der Waals surface area contributed by atoms with Gasteiger partial charge in [0, 0.05) is 18.2 Å². The zero-order valence-corrected chi connectivity index (χ0v) is 15.1. The van der Waals surface area contributed by atoms with Gasteiger partial charge in [-0.1, -0.05) is 36.4 Å². The van der Waals surface area contributed by atoms with Gasteiger partial charge in [0.1, 0.15) is 6.10 Å². The van der Waals surface area contributed by atoms with Crippen LogP contribution in [0.1, 0.15) is 25.7 Å². The third-order valence-electron chi connectivity index (χ3n) is 4.30. The summed E-state index contributed by atoms with van der Waals surface area (Å²) < 4.78 is 33.1. The van der Waals surface area contributed by atoms with Crippen molar-refractivity contribution in [2.75, 3.05) is 5.32 Å². The SMILES string of the molecule is O=C(Nc1ccccc1)O[C@@H]1CCC[C@H](NS(=O)(=O)c2ccccc2)C1. The molecule has 0 unspecified atom stereocenters. The molecule has 138 valence electrons. The summed E-state index contributed by atoms with van der Waals surface area (Å²) in [5.74, 6) is 0. The van der Waals surface area contributed by atoms with Crippen LogP contribution in [0.25, 0.3) is 0 Å². The molecule has 0 aliphatic heterocycles. The lowest BCUT2D eigenvalue weighted by atomic mass is 9.94. The number of amides is 1. The Morgan fingerprint density at radius 2 is 1.62 bits per heavy atom. The number of hydrogen-bond donors (Lipinski definition) is 2. The molecule has 7 heteroatoms. The van der Waals surface area contributed by atoms with Gasteiger partial charge in [-0.3, -0.25) is 5.32 Å². The Morgan fingerprint density at radius 3 is 2.31 bits per heavy atom. The molecule has 1 aliphatic rings. The molecule has 0 spiro atoms. The molecular formula is C19H22N2O4S. The second-order valence-electron chi connectivity index (χ2n) is 6.32. The number of benzene rings is 2. The highest BCUT2D eigenvalue weighted by Gasteiger charge is 2.28. The fourth-order valence-electron chi connectivity index (χ4n) is 3.07. The van der Waals surface area contributed by atoms with Crippen molar-refractivity contribution in [2.24, 2.45) is 0 Å². The van der Waals surface area contributed by atoms with Gasteiger partial charge in [0.25, 0.3) is 0 Å². The van der Waals surface area contributed by atoms with Crippen molar-refractivity contribution in [1.82, 2.24) is 4.72 Å². The first-order valence-corrected chi connectivity index (χ1v) is 10.1. The molecule has 0 heterocycles. The lowest BCUT2D eigenvalue weighted by molar-refractivity contribution is 0.0793. The molecule has 3 rings (SSSR count). The van der Waals surface area contributed by atoms with Crippen LogP contribution in [0.3, 0.4) is 0 Å². The number of carbonyl (C=O) groups is 1. The highest BCUT2D eigenvalue weighted by molar-refractivity contribution is 7.89. The Kier molecular flexibility index (Phi) is 5.90. The van der Waals surface area contributed by atoms with E-state index in [0.29, 0.717) is 12.1 Å². The molecule has 0 aromatic heterocycles. The summed E-state index contributed by atoms with van der Waals surface area (Å²) >= 11 is 0. The van der Waals surface area contributed by atoms with Crippen molar-refractivity contribution in [3.05, 3.63) is 60.7 Å². The van der Waals surface area contributed by atoms with E-state index in [1.807, 2.05) is 18.2 Å². The Balaban J connectivity index is 1.55. The van der Waals surface area contributed by atoms with Crippen molar-refractivity contribution in [1.29, 1.82) is 0 Å². The van der Waals surface area contributed by atoms with Crippen molar-refractivity contribution >= 4 is 21.8 Å². The normalized spacial score (nSPS) is 20.3. The summed E-state index contributed by atoms with van der Waals surface area (Å²) in [4.78, 5) is 12.3. The van der Waals surface area contributed by atoms with Gasteiger partial charge < -0.3 is 4.74 Å². The van der Waals surface area contributed by atoms with Crippen molar-refractivity contribution in [3.8, 4) is 0 Å². The largest absolute Gasteiger partial charge is 0.446 e. The number of para-hydroxylation sites is 1. The molecule has 1 aliphatic carbocycles. The summed E-state index contributed by atoms with van der Waals surface area (Å²) in [5, 5.41) is 2.68. The van der Waals surface area contributed by atoms with E-state index in [0.717, 1.165) is 19.3 Å². The first-order chi connectivity index (χ1) is 12.5. The fourth-order valence-corrected chi connectivity index (χ4v) is 4.37. The van der Waals surface area contributed by atoms with Gasteiger partial charge in [-0.2, -0.15) is 0 Å². The average Bonchev–Trinajstić information content (AvgIpc) is 2.63. The second-order valence-corrected chi connectivity index (χ2v) is 8.03. The van der Waals surface area contributed by atoms with E-state index in [1.165, 1.54) is 0 Å². The van der Waals surface area contributed by atoms with Crippen LogP contribution in [0.15, 0.2) is 65.6 Å².